The van der Waals surface area contributed by atoms with Gasteiger partial charge in [0.15, 0.2) is 5.78 Å². The van der Waals surface area contributed by atoms with Crippen molar-refractivity contribution in [2.45, 2.75) is 25.4 Å². The summed E-state index contributed by atoms with van der Waals surface area (Å²) in [7, 11) is 0. The molecule has 0 bridgehead atoms. The molecule has 0 radical (unpaired) electrons. The first kappa shape index (κ1) is 11.0. The van der Waals surface area contributed by atoms with Gasteiger partial charge in [-0.25, -0.2) is 4.89 Å². The molecule has 1 aliphatic carbocycles. The SMILES string of the molecule is CC(=O)C1(OO)CCc2ccccc2C1=O. The monoisotopic (exact) mass is 220 g/mol. The zero-order valence-corrected chi connectivity index (χ0v) is 8.90. The number of hydrogen-bond acceptors (Lipinski definition) is 4. The van der Waals surface area contributed by atoms with E-state index in [-0.39, 0.29) is 6.42 Å². The molecule has 0 saturated carbocycles. The summed E-state index contributed by atoms with van der Waals surface area (Å²) in [6.45, 7) is 1.25. The number of Topliss-reactive ketones (excluding diaryl/α,β-unsaturated/α-hetero) is 2. The van der Waals surface area contributed by atoms with Crippen LogP contribution in [0.2, 0.25) is 0 Å². The second-order valence-electron chi connectivity index (χ2n) is 3.96. The molecule has 2 rings (SSSR count). The number of hydrogen-bond donors (Lipinski definition) is 1. The molecule has 1 aliphatic rings. The van der Waals surface area contributed by atoms with Gasteiger partial charge in [-0.15, -0.1) is 0 Å². The largest absolute Gasteiger partial charge is 0.296 e. The predicted molar refractivity (Wildman–Crippen MR) is 56.2 cm³/mol. The van der Waals surface area contributed by atoms with E-state index < -0.39 is 17.2 Å². The average molecular weight is 220 g/mol. The molecular formula is C12H12O4. The third-order valence-electron chi connectivity index (χ3n) is 3.10. The van der Waals surface area contributed by atoms with Crippen LogP contribution >= 0.6 is 0 Å². The van der Waals surface area contributed by atoms with Crippen LogP contribution in [0, 0.1) is 0 Å². The van der Waals surface area contributed by atoms with Gasteiger partial charge in [0.1, 0.15) is 0 Å². The minimum absolute atomic E-state index is 0.189. The molecule has 84 valence electrons. The Bertz CT molecular complexity index is 452. The molecule has 1 atom stereocenters. The lowest BCUT2D eigenvalue weighted by Crippen LogP contribution is -2.50. The van der Waals surface area contributed by atoms with Crippen LogP contribution in [-0.4, -0.2) is 22.4 Å². The van der Waals surface area contributed by atoms with Gasteiger partial charge in [-0.1, -0.05) is 24.3 Å². The van der Waals surface area contributed by atoms with E-state index in [9.17, 15) is 9.59 Å². The standard InChI is InChI=1S/C12H12O4/c1-8(13)12(16-15)7-6-9-4-2-3-5-10(9)11(12)14/h2-5,15H,6-7H2,1H3. The number of benzene rings is 1. The molecule has 0 heterocycles. The Labute approximate surface area is 92.8 Å². The summed E-state index contributed by atoms with van der Waals surface area (Å²) in [4.78, 5) is 27.8. The molecule has 4 heteroatoms. The minimum Gasteiger partial charge on any atom is -0.296 e. The van der Waals surface area contributed by atoms with Gasteiger partial charge >= 0.3 is 0 Å². The Morgan fingerprint density at radius 3 is 2.75 bits per heavy atom. The van der Waals surface area contributed by atoms with Crippen molar-refractivity contribution in [3.8, 4) is 0 Å². The van der Waals surface area contributed by atoms with E-state index >= 15 is 0 Å². The topological polar surface area (TPSA) is 63.6 Å². The smallest absolute Gasteiger partial charge is 0.223 e. The summed E-state index contributed by atoms with van der Waals surface area (Å²) >= 11 is 0. The van der Waals surface area contributed by atoms with E-state index in [2.05, 4.69) is 4.89 Å². The average Bonchev–Trinajstić information content (AvgIpc) is 2.30. The number of ketones is 2. The Balaban J connectivity index is 2.52. The Morgan fingerprint density at radius 1 is 1.44 bits per heavy atom. The zero-order chi connectivity index (χ0) is 11.8. The minimum atomic E-state index is -1.70. The quantitative estimate of drug-likeness (QED) is 0.467. The van der Waals surface area contributed by atoms with Crippen LogP contribution < -0.4 is 0 Å². The summed E-state index contributed by atoms with van der Waals surface area (Å²) in [5.41, 5.74) is -0.353. The van der Waals surface area contributed by atoms with Gasteiger partial charge in [0, 0.05) is 5.56 Å². The number of fused-ring (bicyclic) bond motifs is 1. The van der Waals surface area contributed by atoms with Crippen molar-refractivity contribution in [3.05, 3.63) is 35.4 Å². The van der Waals surface area contributed by atoms with Gasteiger partial charge < -0.3 is 0 Å². The summed E-state index contributed by atoms with van der Waals surface area (Å²) < 4.78 is 0. The first-order chi connectivity index (χ1) is 7.62. The molecule has 16 heavy (non-hydrogen) atoms. The predicted octanol–water partition coefficient (Wildman–Crippen LogP) is 1.63. The van der Waals surface area contributed by atoms with Crippen molar-refractivity contribution in [3.63, 3.8) is 0 Å². The Morgan fingerprint density at radius 2 is 2.12 bits per heavy atom. The first-order valence-electron chi connectivity index (χ1n) is 5.08. The summed E-state index contributed by atoms with van der Waals surface area (Å²) in [5, 5.41) is 8.87. The highest BCUT2D eigenvalue weighted by molar-refractivity contribution is 6.18. The van der Waals surface area contributed by atoms with Gasteiger partial charge in [0.2, 0.25) is 11.4 Å². The molecule has 0 spiro atoms. The highest BCUT2D eigenvalue weighted by Crippen LogP contribution is 2.31. The van der Waals surface area contributed by atoms with Crippen molar-refractivity contribution >= 4 is 11.6 Å². The van der Waals surface area contributed by atoms with E-state index in [0.717, 1.165) is 5.56 Å². The highest BCUT2D eigenvalue weighted by Gasteiger charge is 2.48. The maximum atomic E-state index is 12.1. The third-order valence-corrected chi connectivity index (χ3v) is 3.10. The van der Waals surface area contributed by atoms with Gasteiger partial charge in [-0.05, 0) is 25.3 Å². The fourth-order valence-electron chi connectivity index (χ4n) is 2.09. The first-order valence-corrected chi connectivity index (χ1v) is 5.08. The lowest BCUT2D eigenvalue weighted by molar-refractivity contribution is -0.295. The van der Waals surface area contributed by atoms with Crippen LogP contribution in [0.4, 0.5) is 0 Å². The summed E-state index contributed by atoms with van der Waals surface area (Å²) in [6, 6.07) is 7.05. The number of rotatable bonds is 2. The lowest BCUT2D eigenvalue weighted by Gasteiger charge is -2.31. The second kappa shape index (κ2) is 3.81. The van der Waals surface area contributed by atoms with Crippen LogP contribution in [0.15, 0.2) is 24.3 Å². The van der Waals surface area contributed by atoms with Gasteiger partial charge in [-0.2, -0.15) is 0 Å². The Kier molecular flexibility index (Phi) is 2.61. The molecule has 0 aromatic heterocycles. The summed E-state index contributed by atoms with van der Waals surface area (Å²) in [6.07, 6.45) is 0.733. The number of carbonyl (C=O) groups excluding carboxylic acids is 2. The maximum Gasteiger partial charge on any atom is 0.223 e. The maximum absolute atomic E-state index is 12.1. The molecule has 1 aromatic carbocycles. The van der Waals surface area contributed by atoms with Crippen LogP contribution in [0.1, 0.15) is 29.3 Å². The zero-order valence-electron chi connectivity index (χ0n) is 8.90. The fourth-order valence-corrected chi connectivity index (χ4v) is 2.09. The molecule has 1 aromatic rings. The lowest BCUT2D eigenvalue weighted by atomic mass is 9.77. The van der Waals surface area contributed by atoms with E-state index in [4.69, 9.17) is 5.26 Å². The third kappa shape index (κ3) is 1.38. The van der Waals surface area contributed by atoms with E-state index in [0.29, 0.717) is 12.0 Å². The van der Waals surface area contributed by atoms with Crippen molar-refractivity contribution in [1.82, 2.24) is 0 Å². The van der Waals surface area contributed by atoms with Crippen molar-refractivity contribution < 1.29 is 19.7 Å². The van der Waals surface area contributed by atoms with Crippen molar-refractivity contribution in [2.24, 2.45) is 0 Å². The van der Waals surface area contributed by atoms with E-state index in [1.807, 2.05) is 12.1 Å². The van der Waals surface area contributed by atoms with Gasteiger partial charge in [0.05, 0.1) is 0 Å². The summed E-state index contributed by atoms with van der Waals surface area (Å²) in [5.74, 6) is -0.918. The molecule has 0 saturated heterocycles. The Hall–Kier alpha value is -1.52. The van der Waals surface area contributed by atoms with E-state index in [1.54, 1.807) is 12.1 Å². The van der Waals surface area contributed by atoms with Gasteiger partial charge in [-0.3, -0.25) is 14.8 Å². The molecule has 1 N–H and O–H groups in total. The van der Waals surface area contributed by atoms with Gasteiger partial charge in [0.25, 0.3) is 0 Å². The van der Waals surface area contributed by atoms with Crippen molar-refractivity contribution in [2.75, 3.05) is 0 Å². The molecule has 0 fully saturated rings. The molecular weight excluding hydrogens is 208 g/mol. The number of carbonyl (C=O) groups is 2. The van der Waals surface area contributed by atoms with E-state index in [1.165, 1.54) is 6.92 Å². The van der Waals surface area contributed by atoms with Crippen LogP contribution in [0.3, 0.4) is 0 Å². The van der Waals surface area contributed by atoms with Crippen LogP contribution in [-0.2, 0) is 16.1 Å². The normalized spacial score (nSPS) is 24.0. The van der Waals surface area contributed by atoms with Crippen molar-refractivity contribution in [1.29, 1.82) is 0 Å². The molecule has 0 amide bonds. The molecule has 4 nitrogen and oxygen atoms in total. The van der Waals surface area contributed by atoms with Crippen LogP contribution in [0.25, 0.3) is 0 Å². The number of aryl methyl sites for hydroxylation is 1. The molecule has 0 aliphatic heterocycles. The second-order valence-corrected chi connectivity index (χ2v) is 3.96. The fraction of sp³-hybridized carbons (Fsp3) is 0.333. The van der Waals surface area contributed by atoms with Crippen LogP contribution in [0.5, 0.6) is 0 Å². The highest BCUT2D eigenvalue weighted by atomic mass is 17.1. The molecule has 1 unspecified atom stereocenters.